The van der Waals surface area contributed by atoms with Crippen LogP contribution in [0.3, 0.4) is 0 Å². The van der Waals surface area contributed by atoms with Crippen LogP contribution in [0.25, 0.3) is 0 Å². The van der Waals surface area contributed by atoms with E-state index in [0.717, 1.165) is 0 Å². The third kappa shape index (κ3) is 6.03. The summed E-state index contributed by atoms with van der Waals surface area (Å²) in [6.45, 7) is 7.54. The van der Waals surface area contributed by atoms with Gasteiger partial charge in [0.25, 0.3) is 0 Å². The predicted molar refractivity (Wildman–Crippen MR) is 62.7 cm³/mol. The van der Waals surface area contributed by atoms with Crippen LogP contribution in [0.5, 0.6) is 0 Å². The molecule has 6 nitrogen and oxygen atoms in total. The van der Waals surface area contributed by atoms with Gasteiger partial charge in [-0.05, 0) is 20.8 Å². The molecule has 0 aromatic carbocycles. The fourth-order valence-corrected chi connectivity index (χ4v) is 0.813. The van der Waals surface area contributed by atoms with Gasteiger partial charge in [0.05, 0.1) is 11.8 Å². The number of carboxylic acid groups (broad SMARTS) is 1. The van der Waals surface area contributed by atoms with E-state index in [1.54, 1.807) is 0 Å². The number of esters is 2. The standard InChI is InChI=1S/C12H18O6/c1-7(2)11(15)17-6-9(4)12(16)18-5-8(3)10(13)14/h8-9H,1,5-6H2,2-4H3,(H,13,14). The maximum absolute atomic E-state index is 11.4. The number of rotatable bonds is 7. The molecule has 1 N–H and O–H groups in total. The molecular weight excluding hydrogens is 240 g/mol. The topological polar surface area (TPSA) is 89.9 Å². The van der Waals surface area contributed by atoms with Crippen molar-refractivity contribution in [3.8, 4) is 0 Å². The molecule has 18 heavy (non-hydrogen) atoms. The van der Waals surface area contributed by atoms with Gasteiger partial charge in [-0.1, -0.05) is 6.58 Å². The Bertz CT molecular complexity index is 346. The molecule has 6 heteroatoms. The molecule has 0 rings (SSSR count). The van der Waals surface area contributed by atoms with Crippen LogP contribution in [0, 0.1) is 11.8 Å². The highest BCUT2D eigenvalue weighted by Gasteiger charge is 2.19. The van der Waals surface area contributed by atoms with Crippen LogP contribution >= 0.6 is 0 Å². The van der Waals surface area contributed by atoms with Crippen molar-refractivity contribution in [2.45, 2.75) is 20.8 Å². The van der Waals surface area contributed by atoms with Crippen LogP contribution in [0.15, 0.2) is 12.2 Å². The monoisotopic (exact) mass is 258 g/mol. The van der Waals surface area contributed by atoms with Gasteiger partial charge in [-0.2, -0.15) is 0 Å². The zero-order valence-electron chi connectivity index (χ0n) is 10.8. The van der Waals surface area contributed by atoms with Gasteiger partial charge in [-0.3, -0.25) is 9.59 Å². The first-order valence-corrected chi connectivity index (χ1v) is 5.47. The highest BCUT2D eigenvalue weighted by atomic mass is 16.6. The maximum Gasteiger partial charge on any atom is 0.333 e. The summed E-state index contributed by atoms with van der Waals surface area (Å²) in [7, 11) is 0. The van der Waals surface area contributed by atoms with Gasteiger partial charge in [-0.25, -0.2) is 4.79 Å². The zero-order valence-corrected chi connectivity index (χ0v) is 10.8. The molecule has 0 spiro atoms. The van der Waals surface area contributed by atoms with Crippen LogP contribution in [0.2, 0.25) is 0 Å². The summed E-state index contributed by atoms with van der Waals surface area (Å²) >= 11 is 0. The molecule has 102 valence electrons. The Labute approximate surface area is 106 Å². The van der Waals surface area contributed by atoms with Gasteiger partial charge < -0.3 is 14.6 Å². The Kier molecular flexibility index (Phi) is 6.70. The van der Waals surface area contributed by atoms with E-state index in [4.69, 9.17) is 14.6 Å². The van der Waals surface area contributed by atoms with Crippen molar-refractivity contribution in [3.05, 3.63) is 12.2 Å². The smallest absolute Gasteiger partial charge is 0.333 e. The van der Waals surface area contributed by atoms with Crippen molar-refractivity contribution >= 4 is 17.9 Å². The molecule has 0 radical (unpaired) electrons. The fourth-order valence-electron chi connectivity index (χ4n) is 0.813. The van der Waals surface area contributed by atoms with E-state index < -0.39 is 29.7 Å². The molecule has 0 bridgehead atoms. The Balaban J connectivity index is 4.00. The maximum atomic E-state index is 11.4. The quantitative estimate of drug-likeness (QED) is 0.541. The van der Waals surface area contributed by atoms with Gasteiger partial charge in [0.2, 0.25) is 0 Å². The van der Waals surface area contributed by atoms with Crippen molar-refractivity contribution in [2.24, 2.45) is 11.8 Å². The lowest BCUT2D eigenvalue weighted by Gasteiger charge is -2.13. The Morgan fingerprint density at radius 2 is 1.61 bits per heavy atom. The third-order valence-corrected chi connectivity index (χ3v) is 2.11. The number of carboxylic acids is 1. The Morgan fingerprint density at radius 1 is 1.11 bits per heavy atom. The van der Waals surface area contributed by atoms with Crippen molar-refractivity contribution in [1.29, 1.82) is 0 Å². The first-order valence-electron chi connectivity index (χ1n) is 5.47. The first-order chi connectivity index (χ1) is 8.25. The lowest BCUT2D eigenvalue weighted by atomic mass is 10.2. The van der Waals surface area contributed by atoms with E-state index in [1.165, 1.54) is 20.8 Å². The lowest BCUT2D eigenvalue weighted by molar-refractivity contribution is -0.156. The second-order valence-electron chi connectivity index (χ2n) is 4.15. The second kappa shape index (κ2) is 7.47. The van der Waals surface area contributed by atoms with Crippen LogP contribution < -0.4 is 0 Å². The van der Waals surface area contributed by atoms with E-state index >= 15 is 0 Å². The summed E-state index contributed by atoms with van der Waals surface area (Å²) in [5, 5.41) is 8.60. The van der Waals surface area contributed by atoms with E-state index in [2.05, 4.69) is 6.58 Å². The number of carbonyl (C=O) groups excluding carboxylic acids is 2. The molecule has 0 aliphatic heterocycles. The average Bonchev–Trinajstić information content (AvgIpc) is 2.31. The zero-order chi connectivity index (χ0) is 14.3. The molecular formula is C12H18O6. The summed E-state index contributed by atoms with van der Waals surface area (Å²) in [6, 6.07) is 0. The summed E-state index contributed by atoms with van der Waals surface area (Å²) in [4.78, 5) is 33.0. The number of carbonyl (C=O) groups is 3. The highest BCUT2D eigenvalue weighted by molar-refractivity contribution is 5.87. The van der Waals surface area contributed by atoms with Gasteiger partial charge in [0, 0.05) is 5.57 Å². The molecule has 0 fully saturated rings. The van der Waals surface area contributed by atoms with Crippen LogP contribution in [0.4, 0.5) is 0 Å². The second-order valence-corrected chi connectivity index (χ2v) is 4.15. The van der Waals surface area contributed by atoms with Crippen LogP contribution in [0.1, 0.15) is 20.8 Å². The highest BCUT2D eigenvalue weighted by Crippen LogP contribution is 2.04. The summed E-state index contributed by atoms with van der Waals surface area (Å²) in [5.74, 6) is -3.62. The molecule has 0 aromatic rings. The Hall–Kier alpha value is -1.85. The van der Waals surface area contributed by atoms with Crippen LogP contribution in [-0.4, -0.2) is 36.2 Å². The van der Waals surface area contributed by atoms with E-state index in [1.807, 2.05) is 0 Å². The number of hydrogen-bond donors (Lipinski definition) is 1. The average molecular weight is 258 g/mol. The molecule has 0 aliphatic carbocycles. The van der Waals surface area contributed by atoms with Gasteiger partial charge in [0.1, 0.15) is 13.2 Å². The lowest BCUT2D eigenvalue weighted by Crippen LogP contribution is -2.25. The molecule has 0 saturated carbocycles. The van der Waals surface area contributed by atoms with Gasteiger partial charge in [-0.15, -0.1) is 0 Å². The molecule has 2 unspecified atom stereocenters. The molecule has 0 amide bonds. The Morgan fingerprint density at radius 3 is 2.06 bits per heavy atom. The summed E-state index contributed by atoms with van der Waals surface area (Å²) < 4.78 is 9.57. The minimum Gasteiger partial charge on any atom is -0.481 e. The first kappa shape index (κ1) is 16.1. The van der Waals surface area contributed by atoms with E-state index in [0.29, 0.717) is 0 Å². The number of ether oxygens (including phenoxy) is 2. The fraction of sp³-hybridized carbons (Fsp3) is 0.583. The molecule has 0 aromatic heterocycles. The van der Waals surface area contributed by atoms with Crippen molar-refractivity contribution in [3.63, 3.8) is 0 Å². The SMILES string of the molecule is C=C(C)C(=O)OCC(C)C(=O)OCC(C)C(=O)O. The minimum atomic E-state index is -1.04. The number of hydrogen-bond acceptors (Lipinski definition) is 5. The summed E-state index contributed by atoms with van der Waals surface area (Å²) in [6.07, 6.45) is 0. The largest absolute Gasteiger partial charge is 0.481 e. The molecule has 0 heterocycles. The van der Waals surface area contributed by atoms with Gasteiger partial charge >= 0.3 is 17.9 Å². The van der Waals surface area contributed by atoms with Crippen LogP contribution in [-0.2, 0) is 23.9 Å². The van der Waals surface area contributed by atoms with E-state index in [9.17, 15) is 14.4 Å². The molecule has 0 aliphatic rings. The summed E-state index contributed by atoms with van der Waals surface area (Å²) in [5.41, 5.74) is 0.245. The van der Waals surface area contributed by atoms with E-state index in [-0.39, 0.29) is 18.8 Å². The van der Waals surface area contributed by atoms with Crippen molar-refractivity contribution in [1.82, 2.24) is 0 Å². The molecule has 0 saturated heterocycles. The number of aliphatic carboxylic acids is 1. The third-order valence-electron chi connectivity index (χ3n) is 2.11. The normalized spacial score (nSPS) is 13.3. The predicted octanol–water partition coefficient (Wildman–Crippen LogP) is 1.01. The van der Waals surface area contributed by atoms with Crippen molar-refractivity contribution in [2.75, 3.05) is 13.2 Å². The van der Waals surface area contributed by atoms with Gasteiger partial charge in [0.15, 0.2) is 0 Å². The van der Waals surface area contributed by atoms with Crippen molar-refractivity contribution < 1.29 is 29.0 Å². The minimum absolute atomic E-state index is 0.119. The molecule has 2 atom stereocenters.